The van der Waals surface area contributed by atoms with Crippen LogP contribution in [0, 0.1) is 17.7 Å². The van der Waals surface area contributed by atoms with E-state index in [2.05, 4.69) is 26.7 Å². The molecule has 1 heterocycles. The smallest absolute Gasteiger partial charge is 0.243 e. The quantitative estimate of drug-likeness (QED) is 0.768. The monoisotopic (exact) mass is 343 g/mol. The number of sulfonamides is 1. The van der Waals surface area contributed by atoms with Crippen molar-refractivity contribution in [1.82, 2.24) is 4.31 Å². The minimum atomic E-state index is -3.46. The first-order valence-corrected chi connectivity index (χ1v) is 8.09. The van der Waals surface area contributed by atoms with Crippen LogP contribution >= 0.6 is 15.9 Å². The van der Waals surface area contributed by atoms with Gasteiger partial charge < -0.3 is 4.74 Å². The van der Waals surface area contributed by atoms with Gasteiger partial charge in [-0.05, 0) is 29.4 Å². The number of rotatable bonds is 2. The van der Waals surface area contributed by atoms with Crippen LogP contribution in [0.1, 0.15) is 11.1 Å². The molecule has 1 aromatic carbocycles. The molecule has 0 unspecified atom stereocenters. The Labute approximate surface area is 121 Å². The lowest BCUT2D eigenvalue weighted by Crippen LogP contribution is -2.40. The highest BCUT2D eigenvalue weighted by Crippen LogP contribution is 2.22. The number of hydrogen-bond acceptors (Lipinski definition) is 3. The summed E-state index contributed by atoms with van der Waals surface area (Å²) in [5.74, 6) is 2.81. The van der Waals surface area contributed by atoms with Gasteiger partial charge in [0.2, 0.25) is 10.0 Å². The number of nitrogens with zero attached hydrogens (tertiary/aromatic N) is 1. The number of aryl methyl sites for hydroxylation is 1. The van der Waals surface area contributed by atoms with Gasteiger partial charge in [0, 0.05) is 34.6 Å². The lowest BCUT2D eigenvalue weighted by molar-refractivity contribution is 0.0730. The molecule has 0 N–H and O–H groups in total. The third-order valence-corrected chi connectivity index (χ3v) is 5.21. The Bertz CT molecular complexity index is 625. The number of halogens is 1. The first-order valence-electron chi connectivity index (χ1n) is 5.86. The van der Waals surface area contributed by atoms with Crippen molar-refractivity contribution in [2.45, 2.75) is 11.8 Å². The van der Waals surface area contributed by atoms with Gasteiger partial charge in [0.15, 0.2) is 0 Å². The molecule has 1 aliphatic heterocycles. The van der Waals surface area contributed by atoms with E-state index in [9.17, 15) is 8.42 Å². The molecule has 0 aromatic heterocycles. The molecule has 1 fully saturated rings. The summed E-state index contributed by atoms with van der Waals surface area (Å²) in [6.45, 7) is 3.48. The lowest BCUT2D eigenvalue weighted by Gasteiger charge is -2.26. The molecule has 2 rings (SSSR count). The van der Waals surface area contributed by atoms with Gasteiger partial charge in [-0.2, -0.15) is 4.31 Å². The molecule has 0 spiro atoms. The molecule has 1 saturated heterocycles. The number of ether oxygens (including phenoxy) is 1. The Balaban J connectivity index is 2.43. The fourth-order valence-electron chi connectivity index (χ4n) is 1.94. The zero-order chi connectivity index (χ0) is 13.9. The molecule has 102 valence electrons. The van der Waals surface area contributed by atoms with Gasteiger partial charge in [-0.3, -0.25) is 0 Å². The second kappa shape index (κ2) is 6.06. The van der Waals surface area contributed by atoms with E-state index in [1.807, 2.05) is 6.07 Å². The maximum atomic E-state index is 12.6. The lowest BCUT2D eigenvalue weighted by atomic mass is 10.2. The summed E-state index contributed by atoms with van der Waals surface area (Å²) < 4.78 is 31.8. The Morgan fingerprint density at radius 3 is 2.63 bits per heavy atom. The largest absolute Gasteiger partial charge is 0.379 e. The van der Waals surface area contributed by atoms with Crippen molar-refractivity contribution >= 4 is 26.0 Å². The van der Waals surface area contributed by atoms with Gasteiger partial charge in [0.25, 0.3) is 0 Å². The van der Waals surface area contributed by atoms with E-state index in [-0.39, 0.29) is 0 Å². The maximum absolute atomic E-state index is 12.6. The zero-order valence-corrected chi connectivity index (χ0v) is 12.9. The molecule has 0 aliphatic carbocycles. The fraction of sp³-hybridized carbons (Fsp3) is 0.385. The summed E-state index contributed by atoms with van der Waals surface area (Å²) >= 11 is 3.02. The molecule has 0 atom stereocenters. The molecule has 6 heteroatoms. The van der Waals surface area contributed by atoms with E-state index in [1.165, 1.54) is 4.31 Å². The topological polar surface area (TPSA) is 46.6 Å². The van der Waals surface area contributed by atoms with Crippen LogP contribution in [0.2, 0.25) is 0 Å². The minimum Gasteiger partial charge on any atom is -0.379 e. The zero-order valence-electron chi connectivity index (χ0n) is 10.5. The predicted molar refractivity (Wildman–Crippen MR) is 76.6 cm³/mol. The average molecular weight is 344 g/mol. The van der Waals surface area contributed by atoms with Crippen LogP contribution in [0.25, 0.3) is 0 Å². The molecule has 1 aliphatic rings. The third kappa shape index (κ3) is 3.18. The van der Waals surface area contributed by atoms with Gasteiger partial charge in [-0.25, -0.2) is 8.42 Å². The highest BCUT2D eigenvalue weighted by Gasteiger charge is 2.27. The van der Waals surface area contributed by atoms with Crippen LogP contribution in [0.5, 0.6) is 0 Å². The SMILES string of the molecule is Cc1ccc(C#CBr)cc1S(=O)(=O)N1CCOCC1. The predicted octanol–water partition coefficient (Wildman–Crippen LogP) is 1.72. The van der Waals surface area contributed by atoms with Crippen LogP contribution < -0.4 is 0 Å². The van der Waals surface area contributed by atoms with E-state index in [1.54, 1.807) is 19.1 Å². The maximum Gasteiger partial charge on any atom is 0.243 e. The summed E-state index contributed by atoms with van der Waals surface area (Å²) in [5.41, 5.74) is 1.40. The summed E-state index contributed by atoms with van der Waals surface area (Å²) in [7, 11) is -3.46. The Hall–Kier alpha value is -0.870. The average Bonchev–Trinajstić information content (AvgIpc) is 2.42. The van der Waals surface area contributed by atoms with Crippen LogP contribution in [0.15, 0.2) is 23.1 Å². The summed E-state index contributed by atoms with van der Waals surface area (Å²) in [5, 5.41) is 0. The third-order valence-electron chi connectivity index (χ3n) is 2.97. The molecule has 0 saturated carbocycles. The molecule has 0 radical (unpaired) electrons. The van der Waals surface area contributed by atoms with Crippen LogP contribution in [-0.2, 0) is 14.8 Å². The van der Waals surface area contributed by atoms with E-state index < -0.39 is 10.0 Å². The summed E-state index contributed by atoms with van der Waals surface area (Å²) in [6, 6.07) is 5.20. The fourth-order valence-corrected chi connectivity index (χ4v) is 3.82. The van der Waals surface area contributed by atoms with Crippen molar-refractivity contribution in [2.75, 3.05) is 26.3 Å². The first kappa shape index (κ1) is 14.5. The van der Waals surface area contributed by atoms with Gasteiger partial charge in [-0.1, -0.05) is 12.0 Å². The molecule has 0 amide bonds. The Morgan fingerprint density at radius 1 is 1.32 bits per heavy atom. The molecule has 1 aromatic rings. The van der Waals surface area contributed by atoms with E-state index in [4.69, 9.17) is 4.74 Å². The number of morpholine rings is 1. The van der Waals surface area contributed by atoms with E-state index in [0.717, 1.165) is 5.56 Å². The van der Waals surface area contributed by atoms with Crippen molar-refractivity contribution in [3.63, 3.8) is 0 Å². The molecule has 19 heavy (non-hydrogen) atoms. The van der Waals surface area contributed by atoms with Gasteiger partial charge in [0.05, 0.1) is 18.1 Å². The van der Waals surface area contributed by atoms with Crippen LogP contribution in [0.4, 0.5) is 0 Å². The van der Waals surface area contributed by atoms with E-state index in [0.29, 0.717) is 36.8 Å². The minimum absolute atomic E-state index is 0.321. The normalized spacial score (nSPS) is 16.7. The van der Waals surface area contributed by atoms with Crippen molar-refractivity contribution < 1.29 is 13.2 Å². The van der Waals surface area contributed by atoms with Crippen molar-refractivity contribution in [1.29, 1.82) is 0 Å². The van der Waals surface area contributed by atoms with Crippen molar-refractivity contribution in [2.24, 2.45) is 0 Å². The second-order valence-electron chi connectivity index (χ2n) is 4.22. The van der Waals surface area contributed by atoms with Crippen molar-refractivity contribution in [3.05, 3.63) is 29.3 Å². The highest BCUT2D eigenvalue weighted by atomic mass is 79.9. The van der Waals surface area contributed by atoms with Crippen LogP contribution in [0.3, 0.4) is 0 Å². The number of benzene rings is 1. The Kier molecular flexibility index (Phi) is 4.63. The Morgan fingerprint density at radius 2 is 2.00 bits per heavy atom. The molecular formula is C13H14BrNO3S. The number of hydrogen-bond donors (Lipinski definition) is 0. The van der Waals surface area contributed by atoms with Gasteiger partial charge in [0.1, 0.15) is 0 Å². The van der Waals surface area contributed by atoms with Gasteiger partial charge >= 0.3 is 0 Å². The molecule has 0 bridgehead atoms. The molecule has 4 nitrogen and oxygen atoms in total. The second-order valence-corrected chi connectivity index (χ2v) is 6.52. The summed E-state index contributed by atoms with van der Waals surface area (Å²) in [6.07, 6.45) is 0. The summed E-state index contributed by atoms with van der Waals surface area (Å²) in [4.78, 5) is 2.92. The van der Waals surface area contributed by atoms with E-state index >= 15 is 0 Å². The highest BCUT2D eigenvalue weighted by molar-refractivity contribution is 9.12. The molecular weight excluding hydrogens is 330 g/mol. The first-order chi connectivity index (χ1) is 9.05. The van der Waals surface area contributed by atoms with Crippen molar-refractivity contribution in [3.8, 4) is 10.8 Å². The standard InChI is InChI=1S/C13H14BrNO3S/c1-11-2-3-12(4-5-14)10-13(11)19(16,17)15-6-8-18-9-7-15/h2-3,10H,6-9H2,1H3. The van der Waals surface area contributed by atoms with Gasteiger partial charge in [-0.15, -0.1) is 0 Å². The van der Waals surface area contributed by atoms with Crippen LogP contribution in [-0.4, -0.2) is 39.0 Å².